The van der Waals surface area contributed by atoms with E-state index >= 15 is 0 Å². The van der Waals surface area contributed by atoms with Gasteiger partial charge in [-0.05, 0) is 43.8 Å². The molecule has 0 aromatic heterocycles. The molecule has 1 aliphatic rings. The van der Waals surface area contributed by atoms with Crippen LogP contribution in [0.15, 0.2) is 24.3 Å². The molecule has 1 aromatic rings. The van der Waals surface area contributed by atoms with E-state index in [1.54, 1.807) is 12.1 Å². The van der Waals surface area contributed by atoms with Crippen molar-refractivity contribution in [2.24, 2.45) is 5.92 Å². The topological polar surface area (TPSA) is 55.2 Å². The standard InChI is InChI=1S/C12H16N2O2/c15-14(16)12-5-3-10(4-6-12)8-11-2-1-7-13-9-11/h3-6,11,13H,1-2,7-9H2/t11-/m1/s1. The van der Waals surface area contributed by atoms with Crippen LogP contribution in [0.25, 0.3) is 0 Å². The summed E-state index contributed by atoms with van der Waals surface area (Å²) in [7, 11) is 0. The summed E-state index contributed by atoms with van der Waals surface area (Å²) in [6.07, 6.45) is 3.51. The van der Waals surface area contributed by atoms with Crippen LogP contribution in [0, 0.1) is 16.0 Å². The predicted octanol–water partition coefficient (Wildman–Crippen LogP) is 2.14. The molecule has 1 aromatic carbocycles. The van der Waals surface area contributed by atoms with Gasteiger partial charge in [-0.3, -0.25) is 10.1 Å². The Morgan fingerprint density at radius 1 is 1.38 bits per heavy atom. The van der Waals surface area contributed by atoms with Crippen molar-refractivity contribution in [2.75, 3.05) is 13.1 Å². The molecule has 1 atom stereocenters. The molecule has 1 fully saturated rings. The van der Waals surface area contributed by atoms with E-state index < -0.39 is 0 Å². The molecule has 0 unspecified atom stereocenters. The first-order chi connectivity index (χ1) is 7.75. The largest absolute Gasteiger partial charge is 0.316 e. The van der Waals surface area contributed by atoms with Gasteiger partial charge in [-0.1, -0.05) is 12.1 Å². The number of non-ortho nitro benzene ring substituents is 1. The Balaban J connectivity index is 1.96. The van der Waals surface area contributed by atoms with E-state index in [9.17, 15) is 10.1 Å². The fraction of sp³-hybridized carbons (Fsp3) is 0.500. The Morgan fingerprint density at radius 2 is 2.12 bits per heavy atom. The Labute approximate surface area is 94.8 Å². The van der Waals surface area contributed by atoms with Crippen molar-refractivity contribution in [3.8, 4) is 0 Å². The third-order valence-electron chi connectivity index (χ3n) is 3.07. The van der Waals surface area contributed by atoms with E-state index in [2.05, 4.69) is 5.32 Å². The molecule has 1 saturated heterocycles. The van der Waals surface area contributed by atoms with Crippen LogP contribution in [0.4, 0.5) is 5.69 Å². The molecular weight excluding hydrogens is 204 g/mol. The molecule has 1 heterocycles. The normalized spacial score (nSPS) is 20.6. The minimum Gasteiger partial charge on any atom is -0.316 e. The highest BCUT2D eigenvalue weighted by molar-refractivity contribution is 5.33. The quantitative estimate of drug-likeness (QED) is 0.627. The number of nitro benzene ring substituents is 1. The number of hydrogen-bond donors (Lipinski definition) is 1. The van der Waals surface area contributed by atoms with Crippen molar-refractivity contribution in [1.82, 2.24) is 5.32 Å². The molecule has 1 aliphatic heterocycles. The summed E-state index contributed by atoms with van der Waals surface area (Å²) >= 11 is 0. The van der Waals surface area contributed by atoms with Gasteiger partial charge in [0.2, 0.25) is 0 Å². The molecular formula is C12H16N2O2. The highest BCUT2D eigenvalue weighted by Crippen LogP contribution is 2.18. The Morgan fingerprint density at radius 3 is 2.69 bits per heavy atom. The molecule has 1 N–H and O–H groups in total. The lowest BCUT2D eigenvalue weighted by Crippen LogP contribution is -2.30. The van der Waals surface area contributed by atoms with Crippen LogP contribution >= 0.6 is 0 Å². The van der Waals surface area contributed by atoms with Crippen molar-refractivity contribution in [1.29, 1.82) is 0 Å². The fourth-order valence-corrected chi connectivity index (χ4v) is 2.19. The van der Waals surface area contributed by atoms with Crippen LogP contribution in [0.2, 0.25) is 0 Å². The molecule has 2 rings (SSSR count). The maximum absolute atomic E-state index is 10.5. The average Bonchev–Trinajstić information content (AvgIpc) is 2.31. The van der Waals surface area contributed by atoms with E-state index in [4.69, 9.17) is 0 Å². The molecule has 0 aliphatic carbocycles. The number of piperidine rings is 1. The van der Waals surface area contributed by atoms with Crippen LogP contribution in [-0.2, 0) is 6.42 Å². The van der Waals surface area contributed by atoms with Crippen LogP contribution in [0.1, 0.15) is 18.4 Å². The van der Waals surface area contributed by atoms with Crippen molar-refractivity contribution in [3.63, 3.8) is 0 Å². The Hall–Kier alpha value is -1.42. The van der Waals surface area contributed by atoms with E-state index in [1.165, 1.54) is 18.4 Å². The summed E-state index contributed by atoms with van der Waals surface area (Å²) in [4.78, 5) is 10.1. The third-order valence-corrected chi connectivity index (χ3v) is 3.07. The molecule has 0 amide bonds. The van der Waals surface area contributed by atoms with Gasteiger partial charge < -0.3 is 5.32 Å². The van der Waals surface area contributed by atoms with Crippen molar-refractivity contribution < 1.29 is 4.92 Å². The van der Waals surface area contributed by atoms with E-state index in [1.807, 2.05) is 12.1 Å². The monoisotopic (exact) mass is 220 g/mol. The minimum atomic E-state index is -0.355. The second kappa shape index (κ2) is 5.07. The molecule has 86 valence electrons. The molecule has 4 nitrogen and oxygen atoms in total. The summed E-state index contributed by atoms with van der Waals surface area (Å²) in [5.74, 6) is 0.676. The number of nitro groups is 1. The van der Waals surface area contributed by atoms with Gasteiger partial charge in [-0.2, -0.15) is 0 Å². The average molecular weight is 220 g/mol. The maximum atomic E-state index is 10.5. The van der Waals surface area contributed by atoms with Crippen LogP contribution in [0.3, 0.4) is 0 Å². The van der Waals surface area contributed by atoms with E-state index in [0.717, 1.165) is 19.5 Å². The lowest BCUT2D eigenvalue weighted by Gasteiger charge is -2.22. The van der Waals surface area contributed by atoms with Crippen molar-refractivity contribution in [2.45, 2.75) is 19.3 Å². The summed E-state index contributed by atoms with van der Waals surface area (Å²) in [5, 5.41) is 13.9. The number of nitrogens with zero attached hydrogens (tertiary/aromatic N) is 1. The Bertz CT molecular complexity index is 356. The highest BCUT2D eigenvalue weighted by atomic mass is 16.6. The minimum absolute atomic E-state index is 0.172. The molecule has 0 spiro atoms. The first kappa shape index (κ1) is 11.1. The van der Waals surface area contributed by atoms with Gasteiger partial charge in [-0.15, -0.1) is 0 Å². The lowest BCUT2D eigenvalue weighted by atomic mass is 9.92. The second-order valence-corrected chi connectivity index (χ2v) is 4.34. The zero-order valence-corrected chi connectivity index (χ0v) is 9.19. The molecule has 4 heteroatoms. The first-order valence-corrected chi connectivity index (χ1v) is 5.70. The molecule has 16 heavy (non-hydrogen) atoms. The van der Waals surface area contributed by atoms with Gasteiger partial charge >= 0.3 is 0 Å². The summed E-state index contributed by atoms with van der Waals surface area (Å²) < 4.78 is 0. The maximum Gasteiger partial charge on any atom is 0.269 e. The lowest BCUT2D eigenvalue weighted by molar-refractivity contribution is -0.384. The SMILES string of the molecule is O=[N+]([O-])c1ccc(C[C@H]2CCCNC2)cc1. The smallest absolute Gasteiger partial charge is 0.269 e. The van der Waals surface area contributed by atoms with Gasteiger partial charge in [0.05, 0.1) is 4.92 Å². The first-order valence-electron chi connectivity index (χ1n) is 5.70. The summed E-state index contributed by atoms with van der Waals surface area (Å²) in [5.41, 5.74) is 1.37. The summed E-state index contributed by atoms with van der Waals surface area (Å²) in [6.45, 7) is 2.19. The molecule has 0 radical (unpaired) electrons. The van der Waals surface area contributed by atoms with Gasteiger partial charge in [0.1, 0.15) is 0 Å². The van der Waals surface area contributed by atoms with Crippen LogP contribution < -0.4 is 5.32 Å². The van der Waals surface area contributed by atoms with Crippen molar-refractivity contribution in [3.05, 3.63) is 39.9 Å². The third kappa shape index (κ3) is 2.79. The zero-order chi connectivity index (χ0) is 11.4. The zero-order valence-electron chi connectivity index (χ0n) is 9.19. The van der Waals surface area contributed by atoms with E-state index in [0.29, 0.717) is 5.92 Å². The number of benzene rings is 1. The van der Waals surface area contributed by atoms with Gasteiger partial charge in [0.25, 0.3) is 5.69 Å². The van der Waals surface area contributed by atoms with E-state index in [-0.39, 0.29) is 10.6 Å². The highest BCUT2D eigenvalue weighted by Gasteiger charge is 2.13. The number of hydrogen-bond acceptors (Lipinski definition) is 3. The molecule has 0 bridgehead atoms. The van der Waals surface area contributed by atoms with Crippen LogP contribution in [0.5, 0.6) is 0 Å². The Kier molecular flexibility index (Phi) is 3.51. The number of rotatable bonds is 3. The second-order valence-electron chi connectivity index (χ2n) is 4.34. The van der Waals surface area contributed by atoms with Gasteiger partial charge in [0.15, 0.2) is 0 Å². The molecule has 0 saturated carbocycles. The van der Waals surface area contributed by atoms with Gasteiger partial charge in [0, 0.05) is 12.1 Å². The van der Waals surface area contributed by atoms with Crippen molar-refractivity contribution >= 4 is 5.69 Å². The summed E-state index contributed by atoms with van der Waals surface area (Å²) in [6, 6.07) is 6.91. The number of nitrogens with one attached hydrogen (secondary N) is 1. The van der Waals surface area contributed by atoms with Crippen LogP contribution in [-0.4, -0.2) is 18.0 Å². The van der Waals surface area contributed by atoms with Gasteiger partial charge in [-0.25, -0.2) is 0 Å². The fourth-order valence-electron chi connectivity index (χ4n) is 2.19. The predicted molar refractivity (Wildman–Crippen MR) is 62.4 cm³/mol.